The summed E-state index contributed by atoms with van der Waals surface area (Å²) in [5.74, 6) is -0.320. The van der Waals surface area contributed by atoms with E-state index in [0.717, 1.165) is 33.1 Å². The summed E-state index contributed by atoms with van der Waals surface area (Å²) in [6.07, 6.45) is 0.280. The second kappa shape index (κ2) is 4.80. The second-order valence-electron chi connectivity index (χ2n) is 5.27. The van der Waals surface area contributed by atoms with Gasteiger partial charge in [0.1, 0.15) is 5.52 Å². The smallest absolute Gasteiger partial charge is 0.219 e. The highest BCUT2D eigenvalue weighted by Crippen LogP contribution is 2.28. The van der Waals surface area contributed by atoms with Gasteiger partial charge in [0.05, 0.1) is 16.6 Å². The summed E-state index contributed by atoms with van der Waals surface area (Å²) in [4.78, 5) is 20.6. The Morgan fingerprint density at radius 3 is 2.45 bits per heavy atom. The van der Waals surface area contributed by atoms with Crippen LogP contribution in [-0.4, -0.2) is 20.4 Å². The normalized spacial score (nSPS) is 11.5. The monoisotopic (exact) mass is 290 g/mol. The number of primary amides is 1. The number of carbonyl (C=O) groups is 1. The van der Waals surface area contributed by atoms with Crippen molar-refractivity contribution < 1.29 is 4.79 Å². The van der Waals surface area contributed by atoms with E-state index in [-0.39, 0.29) is 12.3 Å². The van der Waals surface area contributed by atoms with Gasteiger partial charge in [-0.2, -0.15) is 0 Å². The number of rotatable bonds is 3. The zero-order valence-electron chi connectivity index (χ0n) is 11.9. The van der Waals surface area contributed by atoms with Crippen molar-refractivity contribution in [3.05, 3.63) is 48.5 Å². The van der Waals surface area contributed by atoms with Crippen LogP contribution in [0.3, 0.4) is 0 Å². The van der Waals surface area contributed by atoms with Gasteiger partial charge in [-0.1, -0.05) is 30.3 Å². The molecule has 0 spiro atoms. The molecule has 5 heteroatoms. The van der Waals surface area contributed by atoms with Gasteiger partial charge in [0, 0.05) is 18.4 Å². The molecule has 0 aliphatic carbocycles. The van der Waals surface area contributed by atoms with Crippen LogP contribution in [0, 0.1) is 0 Å². The molecule has 2 heterocycles. The first-order valence-electron chi connectivity index (χ1n) is 7.16. The number of carbonyl (C=O) groups excluding carboxylic acids is 1. The molecule has 4 aromatic rings. The number of hydrogen-bond acceptors (Lipinski definition) is 3. The van der Waals surface area contributed by atoms with Gasteiger partial charge in [-0.15, -0.1) is 0 Å². The first-order valence-corrected chi connectivity index (χ1v) is 7.16. The topological polar surface area (TPSA) is 73.8 Å². The van der Waals surface area contributed by atoms with Crippen LogP contribution in [0.4, 0.5) is 0 Å². The lowest BCUT2D eigenvalue weighted by molar-refractivity contribution is -0.118. The Balaban J connectivity index is 2.08. The van der Waals surface area contributed by atoms with Crippen molar-refractivity contribution in [2.24, 2.45) is 5.73 Å². The van der Waals surface area contributed by atoms with Gasteiger partial charge in [0.2, 0.25) is 5.91 Å². The lowest BCUT2D eigenvalue weighted by Gasteiger charge is -2.05. The molecule has 5 nitrogen and oxygen atoms in total. The van der Waals surface area contributed by atoms with Gasteiger partial charge in [-0.05, 0) is 18.2 Å². The molecule has 1 amide bonds. The SMILES string of the molecule is NC(=O)CCn1c2ccccc2c2nc3ccccc3nc21. The maximum absolute atomic E-state index is 11.2. The third-order valence-corrected chi connectivity index (χ3v) is 3.84. The zero-order chi connectivity index (χ0) is 15.1. The van der Waals surface area contributed by atoms with E-state index >= 15 is 0 Å². The minimum atomic E-state index is -0.320. The molecule has 0 radical (unpaired) electrons. The Morgan fingerprint density at radius 1 is 1.00 bits per heavy atom. The molecule has 4 rings (SSSR count). The fourth-order valence-corrected chi connectivity index (χ4v) is 2.83. The first-order chi connectivity index (χ1) is 10.7. The van der Waals surface area contributed by atoms with Gasteiger partial charge in [0.15, 0.2) is 5.65 Å². The highest BCUT2D eigenvalue weighted by atomic mass is 16.1. The molecule has 2 aromatic carbocycles. The van der Waals surface area contributed by atoms with Crippen molar-refractivity contribution in [2.75, 3.05) is 0 Å². The Hall–Kier alpha value is -2.95. The van der Waals surface area contributed by atoms with E-state index in [1.807, 2.05) is 53.1 Å². The van der Waals surface area contributed by atoms with E-state index in [4.69, 9.17) is 15.7 Å². The van der Waals surface area contributed by atoms with Gasteiger partial charge in [0.25, 0.3) is 0 Å². The number of para-hydroxylation sites is 3. The third kappa shape index (κ3) is 1.90. The van der Waals surface area contributed by atoms with E-state index in [1.165, 1.54) is 0 Å². The van der Waals surface area contributed by atoms with Crippen molar-refractivity contribution in [1.82, 2.24) is 14.5 Å². The molecule has 0 saturated heterocycles. The van der Waals surface area contributed by atoms with E-state index in [0.29, 0.717) is 6.54 Å². The summed E-state index contributed by atoms with van der Waals surface area (Å²) in [5, 5.41) is 1.04. The Bertz CT molecular complexity index is 1020. The average Bonchev–Trinajstić information content (AvgIpc) is 2.84. The van der Waals surface area contributed by atoms with E-state index < -0.39 is 0 Å². The standard InChI is InChI=1S/C17H14N4O/c18-15(22)9-10-21-14-8-4-1-5-11(14)16-17(21)20-13-7-3-2-6-12(13)19-16/h1-8H,9-10H2,(H2,18,22). The van der Waals surface area contributed by atoms with Gasteiger partial charge in [-0.25, -0.2) is 9.97 Å². The average molecular weight is 290 g/mol. The Kier molecular flexibility index (Phi) is 2.79. The third-order valence-electron chi connectivity index (χ3n) is 3.84. The molecule has 2 aromatic heterocycles. The predicted octanol–water partition coefficient (Wildman–Crippen LogP) is 2.61. The molecule has 0 fully saturated rings. The summed E-state index contributed by atoms with van der Waals surface area (Å²) >= 11 is 0. The zero-order valence-corrected chi connectivity index (χ0v) is 11.9. The highest BCUT2D eigenvalue weighted by molar-refractivity contribution is 6.06. The van der Waals surface area contributed by atoms with Crippen LogP contribution in [0.15, 0.2) is 48.5 Å². The Labute approximate surface area is 126 Å². The van der Waals surface area contributed by atoms with Crippen LogP contribution < -0.4 is 5.73 Å². The molecule has 22 heavy (non-hydrogen) atoms. The molecule has 0 bridgehead atoms. The molecule has 0 aliphatic rings. The summed E-state index contributed by atoms with van der Waals surface area (Å²) in [5.41, 5.74) is 9.69. The molecule has 0 unspecified atom stereocenters. The van der Waals surface area contributed by atoms with Gasteiger partial charge in [-0.3, -0.25) is 4.79 Å². The van der Waals surface area contributed by atoms with Crippen molar-refractivity contribution in [3.63, 3.8) is 0 Å². The molecule has 2 N–H and O–H groups in total. The maximum atomic E-state index is 11.2. The second-order valence-corrected chi connectivity index (χ2v) is 5.27. The summed E-state index contributed by atoms with van der Waals surface area (Å²) in [6, 6.07) is 15.8. The van der Waals surface area contributed by atoms with Crippen LogP contribution in [-0.2, 0) is 11.3 Å². The largest absolute Gasteiger partial charge is 0.370 e. The van der Waals surface area contributed by atoms with Crippen molar-refractivity contribution in [2.45, 2.75) is 13.0 Å². The summed E-state index contributed by atoms with van der Waals surface area (Å²) < 4.78 is 2.02. The molecule has 108 valence electrons. The number of hydrogen-bond donors (Lipinski definition) is 1. The maximum Gasteiger partial charge on any atom is 0.219 e. The van der Waals surface area contributed by atoms with Crippen LogP contribution in [0.1, 0.15) is 6.42 Å². The molecule has 0 atom stereocenters. The number of aromatic nitrogens is 3. The fourth-order valence-electron chi connectivity index (χ4n) is 2.83. The lowest BCUT2D eigenvalue weighted by Crippen LogP contribution is -2.14. The van der Waals surface area contributed by atoms with Crippen LogP contribution in [0.5, 0.6) is 0 Å². The van der Waals surface area contributed by atoms with Crippen molar-refractivity contribution in [3.8, 4) is 0 Å². The van der Waals surface area contributed by atoms with Crippen LogP contribution in [0.2, 0.25) is 0 Å². The fraction of sp³-hybridized carbons (Fsp3) is 0.118. The lowest BCUT2D eigenvalue weighted by atomic mass is 10.2. The summed E-state index contributed by atoms with van der Waals surface area (Å²) in [6.45, 7) is 0.506. The number of fused-ring (bicyclic) bond motifs is 4. The summed E-state index contributed by atoms with van der Waals surface area (Å²) in [7, 11) is 0. The van der Waals surface area contributed by atoms with Crippen LogP contribution >= 0.6 is 0 Å². The van der Waals surface area contributed by atoms with E-state index in [2.05, 4.69) is 0 Å². The molecular formula is C17H14N4O. The van der Waals surface area contributed by atoms with Crippen molar-refractivity contribution in [1.29, 1.82) is 0 Å². The van der Waals surface area contributed by atoms with Gasteiger partial charge < -0.3 is 10.3 Å². The molecular weight excluding hydrogens is 276 g/mol. The molecule has 0 aliphatic heterocycles. The number of nitrogens with zero attached hydrogens (tertiary/aromatic N) is 3. The first kappa shape index (κ1) is 12.8. The van der Waals surface area contributed by atoms with Crippen molar-refractivity contribution >= 4 is 39.0 Å². The number of benzene rings is 2. The predicted molar refractivity (Wildman–Crippen MR) is 86.4 cm³/mol. The number of aryl methyl sites for hydroxylation is 1. The number of nitrogens with two attached hydrogens (primary N) is 1. The quantitative estimate of drug-likeness (QED) is 0.630. The minimum Gasteiger partial charge on any atom is -0.370 e. The van der Waals surface area contributed by atoms with E-state index in [9.17, 15) is 4.79 Å². The minimum absolute atomic E-state index is 0.280. The molecule has 0 saturated carbocycles. The van der Waals surface area contributed by atoms with E-state index in [1.54, 1.807) is 0 Å². The van der Waals surface area contributed by atoms with Gasteiger partial charge >= 0.3 is 0 Å². The highest BCUT2D eigenvalue weighted by Gasteiger charge is 2.14. The number of amides is 1. The van der Waals surface area contributed by atoms with Crippen LogP contribution in [0.25, 0.3) is 33.1 Å². The Morgan fingerprint density at radius 2 is 1.68 bits per heavy atom.